The van der Waals surface area contributed by atoms with Gasteiger partial charge < -0.3 is 0 Å². The summed E-state index contributed by atoms with van der Waals surface area (Å²) < 4.78 is 73.9. The predicted octanol–water partition coefficient (Wildman–Crippen LogP) is 4.29. The van der Waals surface area contributed by atoms with Gasteiger partial charge in [0, 0.05) is 5.41 Å². The Bertz CT molecular complexity index is 774. The first-order valence-electron chi connectivity index (χ1n) is 6.04. The maximum atomic E-state index is 12.8. The fraction of sp³-hybridized carbons (Fsp3) is 0.0667. The van der Waals surface area contributed by atoms with E-state index >= 15 is 0 Å². The molecule has 7 heteroatoms. The summed E-state index contributed by atoms with van der Waals surface area (Å²) in [6.45, 7) is 0. The summed E-state index contributed by atoms with van der Waals surface area (Å²) in [6, 6.07) is 8.31. The van der Waals surface area contributed by atoms with Crippen LogP contribution < -0.4 is 0 Å². The van der Waals surface area contributed by atoms with Crippen LogP contribution in [0.1, 0.15) is 11.1 Å². The van der Waals surface area contributed by atoms with Crippen molar-refractivity contribution in [2.45, 2.75) is 11.1 Å². The molecule has 0 heterocycles. The molecule has 22 heavy (non-hydrogen) atoms. The number of halogens is 4. The van der Waals surface area contributed by atoms with E-state index in [0.717, 1.165) is 41.8 Å². The Labute approximate surface area is 124 Å². The van der Waals surface area contributed by atoms with Crippen molar-refractivity contribution in [1.82, 2.24) is 0 Å². The Kier molecular flexibility index (Phi) is 4.37. The normalized spacial score (nSPS) is 12.7. The summed E-state index contributed by atoms with van der Waals surface area (Å²) in [5, 5.41) is 0.864. The molecule has 0 atom stereocenters. The second-order valence-electron chi connectivity index (χ2n) is 4.42. The third-order valence-corrected chi connectivity index (χ3v) is 4.24. The van der Waals surface area contributed by atoms with Crippen molar-refractivity contribution >= 4 is 15.9 Å². The van der Waals surface area contributed by atoms with Crippen LogP contribution in [-0.4, -0.2) is 8.42 Å². The van der Waals surface area contributed by atoms with Gasteiger partial charge in [0.2, 0.25) is 0 Å². The minimum atomic E-state index is -4.44. The van der Waals surface area contributed by atoms with Gasteiger partial charge in [-0.25, -0.2) is 12.8 Å². The zero-order chi connectivity index (χ0) is 16.4. The van der Waals surface area contributed by atoms with Gasteiger partial charge in [0.15, 0.2) is 9.84 Å². The van der Waals surface area contributed by atoms with Crippen molar-refractivity contribution < 1.29 is 26.0 Å². The first-order chi connectivity index (χ1) is 10.2. The second kappa shape index (κ2) is 5.92. The maximum absolute atomic E-state index is 12.8. The van der Waals surface area contributed by atoms with E-state index in [2.05, 4.69) is 0 Å². The molecule has 0 amide bonds. The molecule has 2 aromatic carbocycles. The highest BCUT2D eigenvalue weighted by Crippen LogP contribution is 2.29. The standard InChI is InChI=1S/C15H10F4O2S/c16-13-5-7-14(8-6-13)22(20,21)10-9-11-1-3-12(4-2-11)15(17,18)19/h1-10H/b10-9+. The Balaban J connectivity index is 2.22. The van der Waals surface area contributed by atoms with Crippen molar-refractivity contribution in [3.8, 4) is 0 Å². The van der Waals surface area contributed by atoms with Crippen molar-refractivity contribution in [2.24, 2.45) is 0 Å². The number of alkyl halides is 3. The Morgan fingerprint density at radius 3 is 1.91 bits per heavy atom. The molecule has 0 saturated heterocycles. The van der Waals surface area contributed by atoms with Crippen molar-refractivity contribution in [3.63, 3.8) is 0 Å². The first-order valence-corrected chi connectivity index (χ1v) is 7.59. The fourth-order valence-electron chi connectivity index (χ4n) is 1.65. The summed E-state index contributed by atoms with van der Waals surface area (Å²) in [5.41, 5.74) is -0.510. The predicted molar refractivity (Wildman–Crippen MR) is 74.1 cm³/mol. The second-order valence-corrected chi connectivity index (χ2v) is 6.26. The highest BCUT2D eigenvalue weighted by atomic mass is 32.2. The molecular weight excluding hydrogens is 320 g/mol. The molecular formula is C15H10F4O2S. The van der Waals surface area contributed by atoms with Gasteiger partial charge >= 0.3 is 6.18 Å². The monoisotopic (exact) mass is 330 g/mol. The molecule has 0 aromatic heterocycles. The summed E-state index contributed by atoms with van der Waals surface area (Å²) in [6.07, 6.45) is -3.26. The number of hydrogen-bond donors (Lipinski definition) is 0. The smallest absolute Gasteiger partial charge is 0.219 e. The van der Waals surface area contributed by atoms with Crippen LogP contribution in [0.5, 0.6) is 0 Å². The third kappa shape index (κ3) is 3.94. The van der Waals surface area contributed by atoms with Gasteiger partial charge in [-0.05, 0) is 48.0 Å². The average molecular weight is 330 g/mol. The number of benzene rings is 2. The molecule has 0 N–H and O–H groups in total. The van der Waals surface area contributed by atoms with E-state index in [-0.39, 0.29) is 4.90 Å². The zero-order valence-electron chi connectivity index (χ0n) is 11.0. The van der Waals surface area contributed by atoms with Gasteiger partial charge in [-0.1, -0.05) is 12.1 Å². The van der Waals surface area contributed by atoms with Crippen LogP contribution in [-0.2, 0) is 16.0 Å². The van der Waals surface area contributed by atoms with Crippen LogP contribution in [0.25, 0.3) is 6.08 Å². The lowest BCUT2D eigenvalue weighted by Crippen LogP contribution is -2.04. The van der Waals surface area contributed by atoms with Gasteiger partial charge in [-0.3, -0.25) is 0 Å². The van der Waals surface area contributed by atoms with E-state index in [4.69, 9.17) is 0 Å². The zero-order valence-corrected chi connectivity index (χ0v) is 11.8. The third-order valence-electron chi connectivity index (χ3n) is 2.82. The van der Waals surface area contributed by atoms with Crippen LogP contribution in [0.4, 0.5) is 17.6 Å². The number of hydrogen-bond acceptors (Lipinski definition) is 2. The molecule has 0 saturated carbocycles. The van der Waals surface area contributed by atoms with E-state index in [1.165, 1.54) is 18.2 Å². The molecule has 0 spiro atoms. The lowest BCUT2D eigenvalue weighted by molar-refractivity contribution is -0.137. The van der Waals surface area contributed by atoms with E-state index < -0.39 is 27.4 Å². The summed E-state index contributed by atoms with van der Waals surface area (Å²) >= 11 is 0. The van der Waals surface area contributed by atoms with Crippen LogP contribution >= 0.6 is 0 Å². The molecule has 0 radical (unpaired) electrons. The minimum absolute atomic E-state index is 0.0999. The van der Waals surface area contributed by atoms with Crippen LogP contribution in [0, 0.1) is 5.82 Å². The van der Waals surface area contributed by atoms with E-state index in [0.29, 0.717) is 5.56 Å². The molecule has 116 valence electrons. The summed E-state index contributed by atoms with van der Waals surface area (Å²) in [4.78, 5) is -0.0999. The first kappa shape index (κ1) is 16.2. The molecule has 0 bridgehead atoms. The molecule has 0 aliphatic carbocycles. The SMILES string of the molecule is O=S(=O)(/C=C/c1ccc(C(F)(F)F)cc1)c1ccc(F)cc1. The highest BCUT2D eigenvalue weighted by molar-refractivity contribution is 7.94. The van der Waals surface area contributed by atoms with Crippen molar-refractivity contribution in [1.29, 1.82) is 0 Å². The maximum Gasteiger partial charge on any atom is 0.416 e. The largest absolute Gasteiger partial charge is 0.416 e. The Morgan fingerprint density at radius 2 is 1.41 bits per heavy atom. The summed E-state index contributed by atoms with van der Waals surface area (Å²) in [7, 11) is -3.78. The van der Waals surface area contributed by atoms with Crippen LogP contribution in [0.15, 0.2) is 58.8 Å². The van der Waals surface area contributed by atoms with Gasteiger partial charge in [-0.2, -0.15) is 13.2 Å². The number of sulfone groups is 1. The van der Waals surface area contributed by atoms with Crippen LogP contribution in [0.2, 0.25) is 0 Å². The number of rotatable bonds is 3. The lowest BCUT2D eigenvalue weighted by atomic mass is 10.1. The Morgan fingerprint density at radius 1 is 0.864 bits per heavy atom. The van der Waals surface area contributed by atoms with Gasteiger partial charge in [0.25, 0.3) is 0 Å². The topological polar surface area (TPSA) is 34.1 Å². The van der Waals surface area contributed by atoms with Crippen LogP contribution in [0.3, 0.4) is 0 Å². The van der Waals surface area contributed by atoms with Crippen molar-refractivity contribution in [2.75, 3.05) is 0 Å². The molecule has 0 fully saturated rings. The van der Waals surface area contributed by atoms with Gasteiger partial charge in [0.1, 0.15) is 5.82 Å². The molecule has 0 aliphatic heterocycles. The fourth-order valence-corrected chi connectivity index (χ4v) is 2.66. The molecule has 0 aliphatic rings. The minimum Gasteiger partial charge on any atom is -0.219 e. The molecule has 0 unspecified atom stereocenters. The van der Waals surface area contributed by atoms with E-state index in [9.17, 15) is 26.0 Å². The summed E-state index contributed by atoms with van der Waals surface area (Å²) in [5.74, 6) is -0.564. The van der Waals surface area contributed by atoms with Gasteiger partial charge in [-0.15, -0.1) is 0 Å². The lowest BCUT2D eigenvalue weighted by Gasteiger charge is -2.06. The van der Waals surface area contributed by atoms with E-state index in [1.54, 1.807) is 0 Å². The molecule has 2 nitrogen and oxygen atoms in total. The average Bonchev–Trinajstić information content (AvgIpc) is 2.45. The Hall–Kier alpha value is -2.15. The van der Waals surface area contributed by atoms with Gasteiger partial charge in [0.05, 0.1) is 10.5 Å². The quantitative estimate of drug-likeness (QED) is 0.621. The van der Waals surface area contributed by atoms with Crippen molar-refractivity contribution in [3.05, 3.63) is 70.9 Å². The molecule has 2 rings (SSSR count). The highest BCUT2D eigenvalue weighted by Gasteiger charge is 2.29. The van der Waals surface area contributed by atoms with E-state index in [1.807, 2.05) is 0 Å². The molecule has 2 aromatic rings.